The summed E-state index contributed by atoms with van der Waals surface area (Å²) in [5, 5.41) is 0.746. The standard InChI is InChI=1S/C13H15ClO2/c1-3-9-4-5-10(8-11(9)14)13(6-7-13)12(15)16-2/h4-5,8H,3,6-7H2,1-2H3. The lowest BCUT2D eigenvalue weighted by atomic mass is 9.95. The van der Waals surface area contributed by atoms with E-state index >= 15 is 0 Å². The number of rotatable bonds is 3. The second kappa shape index (κ2) is 4.10. The van der Waals surface area contributed by atoms with Gasteiger partial charge in [0.2, 0.25) is 0 Å². The third-order valence-electron chi connectivity index (χ3n) is 3.31. The molecule has 0 saturated heterocycles. The van der Waals surface area contributed by atoms with E-state index in [9.17, 15) is 4.79 Å². The van der Waals surface area contributed by atoms with Gasteiger partial charge in [-0.25, -0.2) is 0 Å². The molecule has 1 fully saturated rings. The average molecular weight is 239 g/mol. The molecule has 1 saturated carbocycles. The number of halogens is 1. The van der Waals surface area contributed by atoms with Crippen molar-refractivity contribution in [2.24, 2.45) is 0 Å². The summed E-state index contributed by atoms with van der Waals surface area (Å²) in [6.45, 7) is 2.06. The first-order valence-electron chi connectivity index (χ1n) is 5.51. The Labute approximate surface area is 101 Å². The molecule has 1 aliphatic rings. The summed E-state index contributed by atoms with van der Waals surface area (Å²) in [6, 6.07) is 5.90. The van der Waals surface area contributed by atoms with Crippen LogP contribution in [-0.4, -0.2) is 13.1 Å². The quantitative estimate of drug-likeness (QED) is 0.757. The number of carbonyl (C=O) groups is 1. The van der Waals surface area contributed by atoms with E-state index in [0.29, 0.717) is 0 Å². The fourth-order valence-corrected chi connectivity index (χ4v) is 2.38. The molecular weight excluding hydrogens is 224 g/mol. The second-order valence-corrected chi connectivity index (χ2v) is 4.64. The number of benzene rings is 1. The molecule has 1 aliphatic carbocycles. The highest BCUT2D eigenvalue weighted by Gasteiger charge is 2.52. The number of aryl methyl sites for hydroxylation is 1. The van der Waals surface area contributed by atoms with E-state index in [1.807, 2.05) is 18.2 Å². The van der Waals surface area contributed by atoms with Crippen molar-refractivity contribution in [1.82, 2.24) is 0 Å². The Balaban J connectivity index is 2.35. The zero-order valence-electron chi connectivity index (χ0n) is 9.55. The summed E-state index contributed by atoms with van der Waals surface area (Å²) in [4.78, 5) is 11.7. The maximum atomic E-state index is 11.7. The molecule has 0 spiro atoms. The van der Waals surface area contributed by atoms with Gasteiger partial charge in [0.05, 0.1) is 12.5 Å². The molecule has 0 unspecified atom stereocenters. The Kier molecular flexibility index (Phi) is 2.94. The monoisotopic (exact) mass is 238 g/mol. The molecular formula is C13H15ClO2. The zero-order valence-corrected chi connectivity index (χ0v) is 10.3. The smallest absolute Gasteiger partial charge is 0.316 e. The van der Waals surface area contributed by atoms with Crippen LogP contribution in [0, 0.1) is 0 Å². The van der Waals surface area contributed by atoms with E-state index in [1.165, 1.54) is 7.11 Å². The van der Waals surface area contributed by atoms with Crippen LogP contribution in [0.2, 0.25) is 5.02 Å². The first-order chi connectivity index (χ1) is 7.64. The Bertz CT molecular complexity index is 422. The summed E-state index contributed by atoms with van der Waals surface area (Å²) < 4.78 is 4.85. The summed E-state index contributed by atoms with van der Waals surface area (Å²) in [7, 11) is 1.43. The van der Waals surface area contributed by atoms with E-state index in [1.54, 1.807) is 0 Å². The molecule has 2 nitrogen and oxygen atoms in total. The van der Waals surface area contributed by atoms with Gasteiger partial charge in [0, 0.05) is 5.02 Å². The van der Waals surface area contributed by atoms with E-state index in [0.717, 1.165) is 35.4 Å². The van der Waals surface area contributed by atoms with Gasteiger partial charge < -0.3 is 4.74 Å². The number of hydrogen-bond donors (Lipinski definition) is 0. The molecule has 16 heavy (non-hydrogen) atoms. The second-order valence-electron chi connectivity index (χ2n) is 4.23. The average Bonchev–Trinajstić information content (AvgIpc) is 3.09. The van der Waals surface area contributed by atoms with Crippen LogP contribution in [0.1, 0.15) is 30.9 Å². The van der Waals surface area contributed by atoms with Gasteiger partial charge in [-0.05, 0) is 36.5 Å². The van der Waals surface area contributed by atoms with Gasteiger partial charge in [0.15, 0.2) is 0 Å². The van der Waals surface area contributed by atoms with Gasteiger partial charge in [-0.3, -0.25) is 4.79 Å². The minimum Gasteiger partial charge on any atom is -0.468 e. The van der Waals surface area contributed by atoms with E-state index in [4.69, 9.17) is 16.3 Å². The SMILES string of the molecule is CCc1ccc(C2(C(=O)OC)CC2)cc1Cl. The third-order valence-corrected chi connectivity index (χ3v) is 3.66. The number of esters is 1. The van der Waals surface area contributed by atoms with Gasteiger partial charge in [0.25, 0.3) is 0 Å². The molecule has 0 bridgehead atoms. The molecule has 0 N–H and O–H groups in total. The van der Waals surface area contributed by atoms with Crippen LogP contribution in [0.5, 0.6) is 0 Å². The summed E-state index contributed by atoms with van der Waals surface area (Å²) in [5.74, 6) is -0.146. The lowest BCUT2D eigenvalue weighted by Crippen LogP contribution is -2.21. The Morgan fingerprint density at radius 1 is 1.50 bits per heavy atom. The van der Waals surface area contributed by atoms with Crippen molar-refractivity contribution in [2.45, 2.75) is 31.6 Å². The fraction of sp³-hybridized carbons (Fsp3) is 0.462. The summed E-state index contributed by atoms with van der Waals surface area (Å²) in [5.41, 5.74) is 1.69. The molecule has 0 amide bonds. The third kappa shape index (κ3) is 1.71. The topological polar surface area (TPSA) is 26.3 Å². The molecule has 0 aliphatic heterocycles. The zero-order chi connectivity index (χ0) is 11.8. The van der Waals surface area contributed by atoms with Gasteiger partial charge >= 0.3 is 5.97 Å². The Hall–Kier alpha value is -1.02. The number of carbonyl (C=O) groups excluding carboxylic acids is 1. The van der Waals surface area contributed by atoms with Gasteiger partial charge in [-0.2, -0.15) is 0 Å². The van der Waals surface area contributed by atoms with Crippen LogP contribution in [0.4, 0.5) is 0 Å². The Morgan fingerprint density at radius 3 is 2.62 bits per heavy atom. The van der Waals surface area contributed by atoms with E-state index < -0.39 is 5.41 Å². The van der Waals surface area contributed by atoms with Crippen LogP contribution in [0.25, 0.3) is 0 Å². The molecule has 1 aromatic rings. The molecule has 86 valence electrons. The molecule has 1 aromatic carbocycles. The summed E-state index contributed by atoms with van der Waals surface area (Å²) >= 11 is 6.16. The normalized spacial score (nSPS) is 16.9. The van der Waals surface area contributed by atoms with Crippen molar-refractivity contribution < 1.29 is 9.53 Å². The maximum absolute atomic E-state index is 11.7. The van der Waals surface area contributed by atoms with Crippen LogP contribution in [0.3, 0.4) is 0 Å². The van der Waals surface area contributed by atoms with Gasteiger partial charge in [-0.1, -0.05) is 30.7 Å². The van der Waals surface area contributed by atoms with Crippen molar-refractivity contribution in [3.63, 3.8) is 0 Å². The Morgan fingerprint density at radius 2 is 2.19 bits per heavy atom. The fourth-order valence-electron chi connectivity index (χ4n) is 2.06. The molecule has 0 radical (unpaired) electrons. The molecule has 0 atom stereocenters. The van der Waals surface area contributed by atoms with Crippen molar-refractivity contribution in [3.8, 4) is 0 Å². The predicted molar refractivity (Wildman–Crippen MR) is 63.8 cm³/mol. The highest BCUT2D eigenvalue weighted by atomic mass is 35.5. The van der Waals surface area contributed by atoms with E-state index in [-0.39, 0.29) is 5.97 Å². The summed E-state index contributed by atoms with van der Waals surface area (Å²) in [6.07, 6.45) is 2.63. The van der Waals surface area contributed by atoms with Crippen molar-refractivity contribution >= 4 is 17.6 Å². The number of methoxy groups -OCH3 is 1. The van der Waals surface area contributed by atoms with Crippen LogP contribution in [0.15, 0.2) is 18.2 Å². The lowest BCUT2D eigenvalue weighted by Gasteiger charge is -2.14. The highest BCUT2D eigenvalue weighted by Crippen LogP contribution is 2.49. The van der Waals surface area contributed by atoms with Crippen LogP contribution < -0.4 is 0 Å². The first-order valence-corrected chi connectivity index (χ1v) is 5.89. The van der Waals surface area contributed by atoms with Crippen molar-refractivity contribution in [3.05, 3.63) is 34.3 Å². The maximum Gasteiger partial charge on any atom is 0.316 e. The van der Waals surface area contributed by atoms with Crippen molar-refractivity contribution in [2.75, 3.05) is 7.11 Å². The van der Waals surface area contributed by atoms with Crippen molar-refractivity contribution in [1.29, 1.82) is 0 Å². The minimum atomic E-state index is -0.412. The number of ether oxygens (including phenoxy) is 1. The van der Waals surface area contributed by atoms with Crippen LogP contribution >= 0.6 is 11.6 Å². The molecule has 3 heteroatoms. The lowest BCUT2D eigenvalue weighted by molar-refractivity contribution is -0.143. The van der Waals surface area contributed by atoms with Gasteiger partial charge in [-0.15, -0.1) is 0 Å². The molecule has 0 heterocycles. The predicted octanol–water partition coefficient (Wildman–Crippen LogP) is 3.11. The highest BCUT2D eigenvalue weighted by molar-refractivity contribution is 6.31. The molecule has 0 aromatic heterocycles. The molecule has 2 rings (SSSR count). The van der Waals surface area contributed by atoms with Crippen LogP contribution in [-0.2, 0) is 21.4 Å². The minimum absolute atomic E-state index is 0.146. The van der Waals surface area contributed by atoms with E-state index in [2.05, 4.69) is 6.92 Å². The largest absolute Gasteiger partial charge is 0.468 e. The first kappa shape index (κ1) is 11.5. The number of hydrogen-bond acceptors (Lipinski definition) is 2. The van der Waals surface area contributed by atoms with Gasteiger partial charge in [0.1, 0.15) is 0 Å².